The maximum atomic E-state index is 11.9. The van der Waals surface area contributed by atoms with Crippen LogP contribution in [0.2, 0.25) is 0 Å². The van der Waals surface area contributed by atoms with Gasteiger partial charge in [0.15, 0.2) is 0 Å². The highest BCUT2D eigenvalue weighted by atomic mass is 16.1. The molecule has 20 heavy (non-hydrogen) atoms. The number of H-pyrrole nitrogens is 1. The van der Waals surface area contributed by atoms with Gasteiger partial charge in [-0.05, 0) is 36.4 Å². The molecule has 1 heterocycles. The van der Waals surface area contributed by atoms with Crippen molar-refractivity contribution in [1.29, 1.82) is 5.26 Å². The molecule has 3 rings (SSSR count). The van der Waals surface area contributed by atoms with E-state index >= 15 is 0 Å². The van der Waals surface area contributed by atoms with E-state index in [1.807, 2.05) is 6.07 Å². The van der Waals surface area contributed by atoms with E-state index in [4.69, 9.17) is 5.26 Å². The number of para-hydroxylation sites is 1. The second kappa shape index (κ2) is 4.86. The maximum absolute atomic E-state index is 11.9. The fraction of sp³-hybridized carbons (Fsp3) is 0. The minimum Gasteiger partial charge on any atom is -0.326 e. The molecule has 5 heteroatoms. The van der Waals surface area contributed by atoms with Crippen LogP contribution in [0.4, 0.5) is 11.6 Å². The highest BCUT2D eigenvalue weighted by Gasteiger charge is 2.03. The number of aromatic amines is 1. The third-order valence-electron chi connectivity index (χ3n) is 2.89. The van der Waals surface area contributed by atoms with Gasteiger partial charge in [-0.1, -0.05) is 12.1 Å². The first-order chi connectivity index (χ1) is 9.76. The fourth-order valence-corrected chi connectivity index (χ4v) is 1.91. The number of fused-ring (bicyclic) bond motifs is 1. The molecule has 96 valence electrons. The molecule has 0 aliphatic carbocycles. The molecule has 0 fully saturated rings. The van der Waals surface area contributed by atoms with Crippen LogP contribution in [0.3, 0.4) is 0 Å². The number of nitrogens with zero attached hydrogens (tertiary/aromatic N) is 2. The van der Waals surface area contributed by atoms with Crippen LogP contribution in [0.15, 0.2) is 53.3 Å². The second-order valence-corrected chi connectivity index (χ2v) is 4.25. The number of hydrogen-bond donors (Lipinski definition) is 2. The topological polar surface area (TPSA) is 81.6 Å². The smallest absolute Gasteiger partial charge is 0.260 e. The summed E-state index contributed by atoms with van der Waals surface area (Å²) in [5.74, 6) is 0.374. The lowest BCUT2D eigenvalue weighted by atomic mass is 10.2. The first kappa shape index (κ1) is 11.9. The van der Waals surface area contributed by atoms with Crippen molar-refractivity contribution in [3.05, 3.63) is 64.4 Å². The minimum absolute atomic E-state index is 0.188. The highest BCUT2D eigenvalue weighted by molar-refractivity contribution is 5.78. The molecule has 2 aromatic carbocycles. The van der Waals surface area contributed by atoms with Gasteiger partial charge < -0.3 is 5.32 Å². The van der Waals surface area contributed by atoms with E-state index in [0.29, 0.717) is 22.4 Å². The van der Waals surface area contributed by atoms with Gasteiger partial charge in [0.25, 0.3) is 5.56 Å². The standard InChI is InChI=1S/C15H10N4O/c16-9-10-5-7-11(8-6-10)17-15-18-13-4-2-1-3-12(13)14(20)19-15/h1-8H,(H2,17,18,19,20). The van der Waals surface area contributed by atoms with E-state index < -0.39 is 0 Å². The number of benzene rings is 2. The van der Waals surface area contributed by atoms with Crippen molar-refractivity contribution in [2.24, 2.45) is 0 Å². The van der Waals surface area contributed by atoms with Crippen LogP contribution in [0.5, 0.6) is 0 Å². The van der Waals surface area contributed by atoms with Crippen LogP contribution in [-0.2, 0) is 0 Å². The van der Waals surface area contributed by atoms with Gasteiger partial charge in [-0.3, -0.25) is 9.78 Å². The van der Waals surface area contributed by atoms with Crippen molar-refractivity contribution in [1.82, 2.24) is 9.97 Å². The van der Waals surface area contributed by atoms with Gasteiger partial charge >= 0.3 is 0 Å². The van der Waals surface area contributed by atoms with Crippen molar-refractivity contribution in [3.8, 4) is 6.07 Å². The van der Waals surface area contributed by atoms with Crippen molar-refractivity contribution in [3.63, 3.8) is 0 Å². The van der Waals surface area contributed by atoms with Gasteiger partial charge in [-0.15, -0.1) is 0 Å². The summed E-state index contributed by atoms with van der Waals surface area (Å²) in [5, 5.41) is 12.3. The summed E-state index contributed by atoms with van der Waals surface area (Å²) in [4.78, 5) is 18.9. The van der Waals surface area contributed by atoms with Crippen molar-refractivity contribution in [2.75, 3.05) is 5.32 Å². The average Bonchev–Trinajstić information content (AvgIpc) is 2.48. The highest BCUT2D eigenvalue weighted by Crippen LogP contribution is 2.14. The SMILES string of the molecule is N#Cc1ccc(Nc2nc3ccccc3c(=O)[nH]2)cc1. The van der Waals surface area contributed by atoms with Crippen molar-refractivity contribution < 1.29 is 0 Å². The lowest BCUT2D eigenvalue weighted by Gasteiger charge is -2.06. The Kier molecular flexibility index (Phi) is 2.90. The molecule has 2 N–H and O–H groups in total. The number of nitrogens with one attached hydrogen (secondary N) is 2. The maximum Gasteiger partial charge on any atom is 0.260 e. The van der Waals surface area contributed by atoms with Gasteiger partial charge in [0.05, 0.1) is 22.5 Å². The number of anilines is 2. The molecule has 0 aliphatic heterocycles. The van der Waals surface area contributed by atoms with Crippen LogP contribution >= 0.6 is 0 Å². The van der Waals surface area contributed by atoms with Crippen LogP contribution < -0.4 is 10.9 Å². The Hall–Kier alpha value is -3.13. The van der Waals surface area contributed by atoms with E-state index in [1.165, 1.54) is 0 Å². The number of hydrogen-bond acceptors (Lipinski definition) is 4. The molecular formula is C15H10N4O. The third kappa shape index (κ3) is 2.22. The quantitative estimate of drug-likeness (QED) is 0.743. The molecule has 0 amide bonds. The zero-order chi connectivity index (χ0) is 13.9. The molecule has 0 saturated heterocycles. The van der Waals surface area contributed by atoms with E-state index in [-0.39, 0.29) is 5.56 Å². The Bertz CT molecular complexity index is 859. The monoisotopic (exact) mass is 262 g/mol. The molecule has 1 aromatic heterocycles. The van der Waals surface area contributed by atoms with Crippen LogP contribution in [0, 0.1) is 11.3 Å². The molecule has 0 unspecified atom stereocenters. The molecule has 3 aromatic rings. The van der Waals surface area contributed by atoms with Crippen LogP contribution in [0.1, 0.15) is 5.56 Å². The van der Waals surface area contributed by atoms with Gasteiger partial charge in [-0.25, -0.2) is 4.98 Å². The number of rotatable bonds is 2. The lowest BCUT2D eigenvalue weighted by molar-refractivity contribution is 1.17. The van der Waals surface area contributed by atoms with E-state index in [0.717, 1.165) is 5.69 Å². The fourth-order valence-electron chi connectivity index (χ4n) is 1.91. The molecule has 0 bridgehead atoms. The molecule has 0 saturated carbocycles. The van der Waals surface area contributed by atoms with E-state index in [2.05, 4.69) is 21.4 Å². The largest absolute Gasteiger partial charge is 0.326 e. The van der Waals surface area contributed by atoms with Crippen molar-refractivity contribution >= 4 is 22.5 Å². The van der Waals surface area contributed by atoms with Gasteiger partial charge in [0, 0.05) is 5.69 Å². The Labute approximate surface area is 114 Å². The molecule has 0 radical (unpaired) electrons. The summed E-state index contributed by atoms with van der Waals surface area (Å²) in [6.45, 7) is 0. The lowest BCUT2D eigenvalue weighted by Crippen LogP contribution is -2.11. The zero-order valence-electron chi connectivity index (χ0n) is 10.4. The summed E-state index contributed by atoms with van der Waals surface area (Å²) in [6, 6.07) is 16.1. The summed E-state index contributed by atoms with van der Waals surface area (Å²) in [5.41, 5.74) is 1.78. The summed E-state index contributed by atoms with van der Waals surface area (Å²) in [6.07, 6.45) is 0. The van der Waals surface area contributed by atoms with E-state index in [9.17, 15) is 4.79 Å². The number of nitriles is 1. The van der Waals surface area contributed by atoms with Crippen molar-refractivity contribution in [2.45, 2.75) is 0 Å². The second-order valence-electron chi connectivity index (χ2n) is 4.25. The number of aromatic nitrogens is 2. The predicted octanol–water partition coefficient (Wildman–Crippen LogP) is 2.54. The normalized spacial score (nSPS) is 10.2. The zero-order valence-corrected chi connectivity index (χ0v) is 10.4. The minimum atomic E-state index is -0.188. The first-order valence-electron chi connectivity index (χ1n) is 6.02. The Morgan fingerprint density at radius 3 is 2.60 bits per heavy atom. The molecule has 0 spiro atoms. The Balaban J connectivity index is 1.98. The molecule has 0 aliphatic rings. The van der Waals surface area contributed by atoms with Crippen LogP contribution in [-0.4, -0.2) is 9.97 Å². The summed E-state index contributed by atoms with van der Waals surface area (Å²) < 4.78 is 0. The summed E-state index contributed by atoms with van der Waals surface area (Å²) in [7, 11) is 0. The van der Waals surface area contributed by atoms with Gasteiger partial charge in [0.1, 0.15) is 0 Å². The summed E-state index contributed by atoms with van der Waals surface area (Å²) >= 11 is 0. The molecule has 0 atom stereocenters. The van der Waals surface area contributed by atoms with E-state index in [1.54, 1.807) is 42.5 Å². The van der Waals surface area contributed by atoms with Gasteiger partial charge in [0.2, 0.25) is 5.95 Å². The first-order valence-corrected chi connectivity index (χ1v) is 6.02. The third-order valence-corrected chi connectivity index (χ3v) is 2.89. The Morgan fingerprint density at radius 1 is 1.10 bits per heavy atom. The Morgan fingerprint density at radius 2 is 1.85 bits per heavy atom. The molecular weight excluding hydrogens is 252 g/mol. The average molecular weight is 262 g/mol. The molecule has 5 nitrogen and oxygen atoms in total. The van der Waals surface area contributed by atoms with Gasteiger partial charge in [-0.2, -0.15) is 5.26 Å². The predicted molar refractivity (Wildman–Crippen MR) is 76.8 cm³/mol. The van der Waals surface area contributed by atoms with Crippen LogP contribution in [0.25, 0.3) is 10.9 Å².